The van der Waals surface area contributed by atoms with Crippen LogP contribution in [0.4, 0.5) is 0 Å². The third-order valence-corrected chi connectivity index (χ3v) is 4.97. The molecule has 0 spiro atoms. The number of methoxy groups -OCH3 is 1. The third-order valence-electron chi connectivity index (χ3n) is 4.97. The number of para-hydroxylation sites is 1. The Morgan fingerprint density at radius 3 is 2.30 bits per heavy atom. The number of hydrogen-bond donors (Lipinski definition) is 0. The van der Waals surface area contributed by atoms with Crippen LogP contribution in [-0.2, 0) is 10.2 Å². The van der Waals surface area contributed by atoms with Crippen molar-refractivity contribution in [3.63, 3.8) is 0 Å². The van der Waals surface area contributed by atoms with Gasteiger partial charge >= 0.3 is 5.97 Å². The second-order valence-corrected chi connectivity index (χ2v) is 8.46. The number of hydrogen-bond acceptors (Lipinski definition) is 5. The van der Waals surface area contributed by atoms with Gasteiger partial charge in [0.05, 0.1) is 18.8 Å². The topological polar surface area (TPSA) is 68.5 Å². The van der Waals surface area contributed by atoms with Gasteiger partial charge in [0.15, 0.2) is 18.1 Å². The SMILES string of the molecule is COc1cc(/C=C(\C#N)c2ccccc2)ccc1OC(=O)COc1ccccc1C(C)(C)C. The summed E-state index contributed by atoms with van der Waals surface area (Å²) in [7, 11) is 1.50. The van der Waals surface area contributed by atoms with Crippen molar-refractivity contribution < 1.29 is 19.0 Å². The Balaban J connectivity index is 1.73. The van der Waals surface area contributed by atoms with Gasteiger partial charge in [-0.25, -0.2) is 4.79 Å². The highest BCUT2D eigenvalue weighted by molar-refractivity contribution is 5.90. The summed E-state index contributed by atoms with van der Waals surface area (Å²) < 4.78 is 16.6. The lowest BCUT2D eigenvalue weighted by Gasteiger charge is -2.22. The maximum atomic E-state index is 12.5. The van der Waals surface area contributed by atoms with E-state index < -0.39 is 5.97 Å². The number of esters is 1. The first kappa shape index (κ1) is 23.6. The number of benzene rings is 3. The smallest absolute Gasteiger partial charge is 0.349 e. The average Bonchev–Trinajstić information content (AvgIpc) is 2.82. The molecule has 0 bridgehead atoms. The highest BCUT2D eigenvalue weighted by Crippen LogP contribution is 2.32. The minimum absolute atomic E-state index is 0.116. The van der Waals surface area contributed by atoms with Crippen molar-refractivity contribution in [2.24, 2.45) is 0 Å². The number of nitriles is 1. The number of rotatable bonds is 7. The van der Waals surface area contributed by atoms with Gasteiger partial charge in [-0.3, -0.25) is 0 Å². The van der Waals surface area contributed by atoms with Crippen molar-refractivity contribution in [3.8, 4) is 23.3 Å². The third kappa shape index (κ3) is 6.24. The summed E-state index contributed by atoms with van der Waals surface area (Å²) in [4.78, 5) is 12.5. The Kier molecular flexibility index (Phi) is 7.53. The predicted octanol–water partition coefficient (Wildman–Crippen LogP) is 6.04. The van der Waals surface area contributed by atoms with Crippen LogP contribution in [0.25, 0.3) is 11.6 Å². The molecule has 0 saturated carbocycles. The van der Waals surface area contributed by atoms with Crippen molar-refractivity contribution in [3.05, 3.63) is 89.5 Å². The van der Waals surface area contributed by atoms with E-state index >= 15 is 0 Å². The zero-order chi connectivity index (χ0) is 23.8. The van der Waals surface area contributed by atoms with E-state index in [9.17, 15) is 10.1 Å². The molecule has 0 aliphatic rings. The molecule has 0 saturated heterocycles. The van der Waals surface area contributed by atoms with E-state index in [1.807, 2.05) is 54.6 Å². The molecule has 0 amide bonds. The first-order valence-corrected chi connectivity index (χ1v) is 10.6. The van der Waals surface area contributed by atoms with Gasteiger partial charge in [-0.2, -0.15) is 5.26 Å². The molecule has 5 heteroatoms. The monoisotopic (exact) mass is 441 g/mol. The molecule has 0 atom stereocenters. The van der Waals surface area contributed by atoms with Crippen molar-refractivity contribution in [1.82, 2.24) is 0 Å². The molecule has 0 aromatic heterocycles. The van der Waals surface area contributed by atoms with E-state index in [0.29, 0.717) is 17.1 Å². The van der Waals surface area contributed by atoms with Crippen LogP contribution in [0.3, 0.4) is 0 Å². The largest absolute Gasteiger partial charge is 0.493 e. The highest BCUT2D eigenvalue weighted by Gasteiger charge is 2.19. The van der Waals surface area contributed by atoms with E-state index in [1.165, 1.54) is 7.11 Å². The van der Waals surface area contributed by atoms with Crippen LogP contribution in [0.1, 0.15) is 37.5 Å². The zero-order valence-corrected chi connectivity index (χ0v) is 19.3. The lowest BCUT2D eigenvalue weighted by atomic mass is 9.86. The van der Waals surface area contributed by atoms with Crippen LogP contribution < -0.4 is 14.2 Å². The first-order valence-electron chi connectivity index (χ1n) is 10.6. The Bertz CT molecular complexity index is 1180. The molecule has 33 heavy (non-hydrogen) atoms. The fraction of sp³-hybridized carbons (Fsp3) is 0.214. The molecular weight excluding hydrogens is 414 g/mol. The molecule has 0 aliphatic heterocycles. The maximum Gasteiger partial charge on any atom is 0.349 e. The molecule has 0 unspecified atom stereocenters. The van der Waals surface area contributed by atoms with Crippen molar-refractivity contribution in [1.29, 1.82) is 5.26 Å². The summed E-state index contributed by atoms with van der Waals surface area (Å²) in [6, 6.07) is 24.4. The molecule has 0 radical (unpaired) electrons. The Morgan fingerprint density at radius 1 is 0.939 bits per heavy atom. The summed E-state index contributed by atoms with van der Waals surface area (Å²) in [5, 5.41) is 9.53. The van der Waals surface area contributed by atoms with Gasteiger partial charge in [-0.15, -0.1) is 0 Å². The summed E-state index contributed by atoms with van der Waals surface area (Å²) >= 11 is 0. The van der Waals surface area contributed by atoms with E-state index in [1.54, 1.807) is 24.3 Å². The summed E-state index contributed by atoms with van der Waals surface area (Å²) in [6.07, 6.45) is 1.76. The van der Waals surface area contributed by atoms with Gasteiger partial charge < -0.3 is 14.2 Å². The van der Waals surface area contributed by atoms with Gasteiger partial charge in [0.25, 0.3) is 0 Å². The molecule has 0 fully saturated rings. The molecule has 168 valence electrons. The van der Waals surface area contributed by atoms with E-state index in [-0.39, 0.29) is 17.8 Å². The van der Waals surface area contributed by atoms with Crippen LogP contribution >= 0.6 is 0 Å². The fourth-order valence-electron chi connectivity index (χ4n) is 3.32. The number of carbonyl (C=O) groups is 1. The van der Waals surface area contributed by atoms with Crippen LogP contribution in [-0.4, -0.2) is 19.7 Å². The lowest BCUT2D eigenvalue weighted by Crippen LogP contribution is -2.20. The van der Waals surface area contributed by atoms with Gasteiger partial charge in [-0.1, -0.05) is 75.4 Å². The second kappa shape index (κ2) is 10.5. The van der Waals surface area contributed by atoms with Crippen LogP contribution in [0.2, 0.25) is 0 Å². The second-order valence-electron chi connectivity index (χ2n) is 8.46. The summed E-state index contributed by atoms with van der Waals surface area (Å²) in [6.45, 7) is 6.03. The number of ether oxygens (including phenoxy) is 3. The van der Waals surface area contributed by atoms with Crippen LogP contribution in [0.15, 0.2) is 72.8 Å². The average molecular weight is 442 g/mol. The molecular formula is C28H27NO4. The van der Waals surface area contributed by atoms with Crippen molar-refractivity contribution >= 4 is 17.6 Å². The van der Waals surface area contributed by atoms with Gasteiger partial charge in [0, 0.05) is 0 Å². The normalized spacial score (nSPS) is 11.4. The maximum absolute atomic E-state index is 12.5. The number of nitrogens with zero attached hydrogens (tertiary/aromatic N) is 1. The Hall–Kier alpha value is -4.04. The quantitative estimate of drug-likeness (QED) is 0.193. The number of allylic oxidation sites excluding steroid dienone is 1. The minimum Gasteiger partial charge on any atom is -0.493 e. The first-order chi connectivity index (χ1) is 15.8. The van der Waals surface area contributed by atoms with Crippen LogP contribution in [0, 0.1) is 11.3 Å². The van der Waals surface area contributed by atoms with Gasteiger partial charge in [-0.05, 0) is 46.4 Å². The molecule has 0 N–H and O–H groups in total. The van der Waals surface area contributed by atoms with Gasteiger partial charge in [0.1, 0.15) is 5.75 Å². The van der Waals surface area contributed by atoms with Gasteiger partial charge in [0.2, 0.25) is 0 Å². The van der Waals surface area contributed by atoms with E-state index in [2.05, 4.69) is 26.8 Å². The Labute approximate surface area is 194 Å². The zero-order valence-electron chi connectivity index (χ0n) is 19.3. The standard InChI is InChI=1S/C28H27NO4/c1-28(2,3)23-12-8-9-13-24(23)32-19-27(30)33-25-15-14-20(17-26(25)31-4)16-22(18-29)21-10-6-5-7-11-21/h5-17H,19H2,1-4H3/b22-16+. The molecule has 5 nitrogen and oxygen atoms in total. The Morgan fingerprint density at radius 2 is 1.64 bits per heavy atom. The molecule has 3 rings (SSSR count). The van der Waals surface area contributed by atoms with Crippen molar-refractivity contribution in [2.45, 2.75) is 26.2 Å². The summed E-state index contributed by atoms with van der Waals surface area (Å²) in [5.41, 5.74) is 2.99. The van der Waals surface area contributed by atoms with E-state index in [0.717, 1.165) is 16.7 Å². The lowest BCUT2D eigenvalue weighted by molar-refractivity contribution is -0.136. The fourth-order valence-corrected chi connectivity index (χ4v) is 3.32. The molecule has 3 aromatic rings. The molecule has 3 aromatic carbocycles. The van der Waals surface area contributed by atoms with Crippen molar-refractivity contribution in [2.75, 3.05) is 13.7 Å². The number of carbonyl (C=O) groups excluding carboxylic acids is 1. The molecule has 0 heterocycles. The summed E-state index contributed by atoms with van der Waals surface area (Å²) in [5.74, 6) is 0.782. The van der Waals surface area contributed by atoms with Crippen LogP contribution in [0.5, 0.6) is 17.2 Å². The van der Waals surface area contributed by atoms with E-state index in [4.69, 9.17) is 14.2 Å². The highest BCUT2D eigenvalue weighted by atomic mass is 16.6. The minimum atomic E-state index is -0.540. The predicted molar refractivity (Wildman–Crippen MR) is 129 cm³/mol. The molecule has 0 aliphatic carbocycles.